The molecule has 27 heavy (non-hydrogen) atoms. The van der Waals surface area contributed by atoms with Gasteiger partial charge >= 0.3 is 5.97 Å². The first-order valence-corrected chi connectivity index (χ1v) is 10.8. The fourth-order valence-electron chi connectivity index (χ4n) is 10.1. The van der Waals surface area contributed by atoms with Crippen LogP contribution in [0.4, 0.5) is 0 Å². The zero-order chi connectivity index (χ0) is 18.5. The zero-order valence-electron chi connectivity index (χ0n) is 16.1. The minimum absolute atomic E-state index is 0.0556. The number of piperidine rings is 1. The van der Waals surface area contributed by atoms with Gasteiger partial charge in [-0.15, -0.1) is 0 Å². The molecule has 4 heterocycles. The Morgan fingerprint density at radius 2 is 2.19 bits per heavy atom. The lowest BCUT2D eigenvalue weighted by Gasteiger charge is -2.71. The summed E-state index contributed by atoms with van der Waals surface area (Å²) in [7, 11) is 0. The van der Waals surface area contributed by atoms with Crippen LogP contribution >= 0.6 is 0 Å². The van der Waals surface area contributed by atoms with Crippen molar-refractivity contribution in [3.05, 3.63) is 12.2 Å². The third-order valence-corrected chi connectivity index (χ3v) is 10.6. The molecule has 0 amide bonds. The molecule has 9 rings (SSSR count). The van der Waals surface area contributed by atoms with Gasteiger partial charge in [-0.05, 0) is 55.4 Å². The van der Waals surface area contributed by atoms with E-state index < -0.39 is 0 Å². The summed E-state index contributed by atoms with van der Waals surface area (Å²) < 4.78 is 12.6. The Labute approximate surface area is 159 Å². The van der Waals surface area contributed by atoms with E-state index in [9.17, 15) is 9.90 Å². The second kappa shape index (κ2) is 4.31. The summed E-state index contributed by atoms with van der Waals surface area (Å²) in [4.78, 5) is 12.0. The minimum atomic E-state index is -0.366. The minimum Gasteiger partial charge on any atom is -0.457 e. The summed E-state index contributed by atoms with van der Waals surface area (Å²) in [6.45, 7) is 8.27. The smallest absolute Gasteiger partial charge is 0.303 e. The van der Waals surface area contributed by atoms with E-state index in [-0.39, 0.29) is 46.6 Å². The molecule has 12 atom stereocenters. The van der Waals surface area contributed by atoms with Gasteiger partial charge in [0.15, 0.2) is 0 Å². The third-order valence-electron chi connectivity index (χ3n) is 10.6. The van der Waals surface area contributed by atoms with Gasteiger partial charge in [0.2, 0.25) is 0 Å². The van der Waals surface area contributed by atoms with Crippen LogP contribution in [-0.2, 0) is 14.3 Å². The highest BCUT2D eigenvalue weighted by atomic mass is 16.5. The first kappa shape index (κ1) is 15.9. The van der Waals surface area contributed by atoms with E-state index in [1.54, 1.807) is 0 Å². The largest absolute Gasteiger partial charge is 0.457 e. The number of aliphatic hydroxyl groups is 1. The molecule has 5 aliphatic carbocycles. The van der Waals surface area contributed by atoms with E-state index in [2.05, 4.69) is 18.8 Å². The van der Waals surface area contributed by atoms with Crippen molar-refractivity contribution in [2.45, 2.75) is 76.5 Å². The van der Waals surface area contributed by atoms with E-state index in [0.29, 0.717) is 29.9 Å². The molecule has 5 heteroatoms. The quantitative estimate of drug-likeness (QED) is 0.545. The summed E-state index contributed by atoms with van der Waals surface area (Å²) in [6, 6.07) is 0.444. The topological polar surface area (TPSA) is 67.8 Å². The summed E-state index contributed by atoms with van der Waals surface area (Å²) in [5.74, 6) is 1.38. The molecule has 0 radical (unpaired) electrons. The molecule has 5 saturated carbocycles. The third kappa shape index (κ3) is 1.34. The maximum absolute atomic E-state index is 12.0. The highest BCUT2D eigenvalue weighted by Gasteiger charge is 2.88. The van der Waals surface area contributed by atoms with E-state index in [1.165, 1.54) is 19.8 Å². The molecule has 0 aromatic heterocycles. The number of ether oxygens (including phenoxy) is 2. The van der Waals surface area contributed by atoms with Crippen LogP contribution in [0.15, 0.2) is 12.2 Å². The van der Waals surface area contributed by atoms with Crippen molar-refractivity contribution in [3.8, 4) is 0 Å². The molecule has 9 bridgehead atoms. The fraction of sp³-hybridized carbons (Fsp3) is 0.864. The van der Waals surface area contributed by atoms with Gasteiger partial charge in [0.05, 0.1) is 12.2 Å². The number of carbonyl (C=O) groups is 1. The standard InChI is InChI=1S/C22H29NO4/c1-9-11-8-21(18(9)26-10(2)24)12-6-14-20(3)5-4-16-22(14,15(21)7-13(11)25)17(12)23-19(20)27-16/h11-19,23,25H,1,4-8H2,2-3H3/t11-,12+,13-,14-,15-,16+,17-,18+,19-,20-,21+,22+/m1/s1. The van der Waals surface area contributed by atoms with Gasteiger partial charge in [-0.3, -0.25) is 10.1 Å². The van der Waals surface area contributed by atoms with Gasteiger partial charge in [-0.1, -0.05) is 13.5 Å². The molecular weight excluding hydrogens is 342 g/mol. The number of aliphatic hydroxyl groups excluding tert-OH is 1. The van der Waals surface area contributed by atoms with E-state index >= 15 is 0 Å². The number of fused-ring (bicyclic) bond motifs is 2. The van der Waals surface area contributed by atoms with Crippen molar-refractivity contribution < 1.29 is 19.4 Å². The number of esters is 1. The Bertz CT molecular complexity index is 797. The van der Waals surface area contributed by atoms with Crippen LogP contribution < -0.4 is 5.32 Å². The normalized spacial score (nSPS) is 66.3. The average Bonchev–Trinajstić information content (AvgIpc) is 3.15. The Hall–Kier alpha value is -0.910. The fourth-order valence-corrected chi connectivity index (χ4v) is 10.1. The molecule has 4 saturated heterocycles. The van der Waals surface area contributed by atoms with E-state index in [1.807, 2.05) is 0 Å². The van der Waals surface area contributed by atoms with Crippen molar-refractivity contribution in [1.82, 2.24) is 5.32 Å². The Morgan fingerprint density at radius 3 is 2.96 bits per heavy atom. The molecule has 0 unspecified atom stereocenters. The summed E-state index contributed by atoms with van der Waals surface area (Å²) in [6.07, 6.45) is 5.21. The molecule has 2 N–H and O–H groups in total. The average molecular weight is 371 g/mol. The van der Waals surface area contributed by atoms with Crippen molar-refractivity contribution >= 4 is 5.97 Å². The van der Waals surface area contributed by atoms with Gasteiger partial charge in [-0.25, -0.2) is 0 Å². The highest BCUT2D eigenvalue weighted by molar-refractivity contribution is 5.67. The number of hydrogen-bond donors (Lipinski definition) is 2. The lowest BCUT2D eigenvalue weighted by atomic mass is 9.42. The van der Waals surface area contributed by atoms with E-state index in [0.717, 1.165) is 24.8 Å². The predicted octanol–water partition coefficient (Wildman–Crippen LogP) is 1.99. The molecule has 0 aromatic rings. The van der Waals surface area contributed by atoms with Gasteiger partial charge in [0, 0.05) is 35.1 Å². The summed E-state index contributed by atoms with van der Waals surface area (Å²) in [5, 5.41) is 15.0. The lowest BCUT2D eigenvalue weighted by Crippen LogP contribution is -2.78. The van der Waals surface area contributed by atoms with Crippen LogP contribution in [0.3, 0.4) is 0 Å². The second-order valence-corrected chi connectivity index (χ2v) is 10.9. The maximum atomic E-state index is 12.0. The first-order valence-electron chi connectivity index (χ1n) is 10.8. The summed E-state index contributed by atoms with van der Waals surface area (Å²) in [5.41, 5.74) is 1.21. The number of hydrogen-bond acceptors (Lipinski definition) is 5. The molecule has 0 aromatic carbocycles. The molecule has 4 aliphatic heterocycles. The molecule has 9 aliphatic rings. The summed E-state index contributed by atoms with van der Waals surface area (Å²) >= 11 is 0. The van der Waals surface area contributed by atoms with Crippen LogP contribution in [0, 0.1) is 39.9 Å². The van der Waals surface area contributed by atoms with Crippen molar-refractivity contribution in [2.75, 3.05) is 0 Å². The Morgan fingerprint density at radius 1 is 1.37 bits per heavy atom. The number of carbonyl (C=O) groups excluding carboxylic acids is 1. The Kier molecular flexibility index (Phi) is 2.55. The van der Waals surface area contributed by atoms with Crippen molar-refractivity contribution in [2.24, 2.45) is 39.9 Å². The maximum Gasteiger partial charge on any atom is 0.303 e. The Balaban J connectivity index is 1.45. The van der Waals surface area contributed by atoms with Gasteiger partial charge < -0.3 is 14.6 Å². The first-order chi connectivity index (χ1) is 12.8. The second-order valence-electron chi connectivity index (χ2n) is 10.9. The van der Waals surface area contributed by atoms with Crippen LogP contribution in [0.25, 0.3) is 0 Å². The van der Waals surface area contributed by atoms with Gasteiger partial charge in [0.25, 0.3) is 0 Å². The number of nitrogens with one attached hydrogen (secondary N) is 1. The van der Waals surface area contributed by atoms with E-state index in [4.69, 9.17) is 9.47 Å². The van der Waals surface area contributed by atoms with Crippen LogP contribution in [-0.4, -0.2) is 41.7 Å². The molecule has 9 fully saturated rings. The molecule has 5 nitrogen and oxygen atoms in total. The molecule has 146 valence electrons. The lowest BCUT2D eigenvalue weighted by molar-refractivity contribution is -0.330. The van der Waals surface area contributed by atoms with Crippen LogP contribution in [0.1, 0.15) is 46.0 Å². The van der Waals surface area contributed by atoms with Crippen molar-refractivity contribution in [1.29, 1.82) is 0 Å². The number of rotatable bonds is 1. The zero-order valence-corrected chi connectivity index (χ0v) is 16.1. The molecular formula is C22H29NO4. The van der Waals surface area contributed by atoms with Crippen LogP contribution in [0.2, 0.25) is 0 Å². The van der Waals surface area contributed by atoms with Crippen molar-refractivity contribution in [3.63, 3.8) is 0 Å². The SMILES string of the molecule is C=C1[C@H]2C[C@]3([C@@H](C[C@H]2O)[C@@]24[C@@H]5CC[C@@]6(C)[C@H](N[C@@H]2[C@@H]3C[C@H]64)O5)[C@H]1OC(C)=O. The highest BCUT2D eigenvalue weighted by Crippen LogP contribution is 2.85. The monoisotopic (exact) mass is 371 g/mol. The molecule has 2 spiro atoms. The van der Waals surface area contributed by atoms with Crippen LogP contribution in [0.5, 0.6) is 0 Å². The predicted molar refractivity (Wildman–Crippen MR) is 96.3 cm³/mol. The van der Waals surface area contributed by atoms with Gasteiger partial charge in [-0.2, -0.15) is 0 Å². The van der Waals surface area contributed by atoms with Gasteiger partial charge in [0.1, 0.15) is 12.3 Å².